The molecule has 0 radical (unpaired) electrons. The lowest BCUT2D eigenvalue weighted by atomic mass is 10.1. The Morgan fingerprint density at radius 2 is 1.76 bits per heavy atom. The number of aryl methyl sites for hydroxylation is 1. The number of fused-ring (bicyclic) bond motifs is 1. The Morgan fingerprint density at radius 3 is 2.62 bits per heavy atom. The fraction of sp³-hybridized carbons (Fsp3) is 0.308. The number of β-amino-alcohol motifs (C(OH)–C–C–N with tert-alkyl or cyclic N) is 1. The van der Waals surface area contributed by atoms with Gasteiger partial charge in [-0.2, -0.15) is 4.98 Å². The van der Waals surface area contributed by atoms with E-state index in [1.165, 1.54) is 10.9 Å². The Bertz CT molecular complexity index is 1250. The van der Waals surface area contributed by atoms with Crippen LogP contribution in [0.3, 0.4) is 0 Å². The number of aliphatic hydroxyl groups excluding tert-OH is 1. The first-order valence-electron chi connectivity index (χ1n) is 11.8. The number of nitrogens with zero attached hydrogens (tertiary/aromatic N) is 4. The number of benzene rings is 2. The van der Waals surface area contributed by atoms with Gasteiger partial charge in [-0.3, -0.25) is 9.80 Å². The number of rotatable bonds is 8. The average molecular weight is 458 g/mol. The molecule has 0 saturated carbocycles. The summed E-state index contributed by atoms with van der Waals surface area (Å²) in [4.78, 5) is 17.1. The Labute approximate surface area is 199 Å². The lowest BCUT2D eigenvalue weighted by Gasteiger charge is -2.34. The summed E-state index contributed by atoms with van der Waals surface area (Å²) in [7, 11) is 0. The fourth-order valence-electron chi connectivity index (χ4n) is 4.44. The van der Waals surface area contributed by atoms with Crippen molar-refractivity contribution >= 4 is 34.0 Å². The molecule has 3 heterocycles. The van der Waals surface area contributed by atoms with E-state index in [2.05, 4.69) is 78.7 Å². The Hall–Kier alpha value is -3.46. The molecule has 8 heteroatoms. The fourth-order valence-corrected chi connectivity index (χ4v) is 4.44. The molecule has 34 heavy (non-hydrogen) atoms. The minimum absolute atomic E-state index is 0.230. The maximum Gasteiger partial charge on any atom is 0.229 e. The average Bonchev–Trinajstić information content (AvgIpc) is 3.20. The van der Waals surface area contributed by atoms with Gasteiger partial charge in [0.05, 0.1) is 6.61 Å². The zero-order valence-corrected chi connectivity index (χ0v) is 19.5. The van der Waals surface area contributed by atoms with Gasteiger partial charge in [0.25, 0.3) is 0 Å². The number of nitrogens with one attached hydrogen (secondary N) is 3. The second kappa shape index (κ2) is 10.2. The number of aromatic amines is 1. The van der Waals surface area contributed by atoms with Crippen LogP contribution in [-0.2, 0) is 6.54 Å². The number of hydrogen-bond acceptors (Lipinski definition) is 7. The summed E-state index contributed by atoms with van der Waals surface area (Å²) in [5, 5.41) is 17.0. The molecule has 1 saturated heterocycles. The van der Waals surface area contributed by atoms with Gasteiger partial charge in [0, 0.05) is 73.4 Å². The van der Waals surface area contributed by atoms with Gasteiger partial charge < -0.3 is 20.7 Å². The first-order valence-corrected chi connectivity index (χ1v) is 11.8. The maximum atomic E-state index is 9.12. The normalized spacial score (nSPS) is 15.0. The van der Waals surface area contributed by atoms with Crippen LogP contribution in [0.1, 0.15) is 11.3 Å². The molecule has 0 bridgehead atoms. The number of anilines is 4. The van der Waals surface area contributed by atoms with Gasteiger partial charge in [0.2, 0.25) is 5.95 Å². The summed E-state index contributed by atoms with van der Waals surface area (Å²) in [5.41, 5.74) is 5.48. The monoisotopic (exact) mass is 457 g/mol. The zero-order chi connectivity index (χ0) is 23.3. The molecule has 176 valence electrons. The minimum atomic E-state index is 0.230. The van der Waals surface area contributed by atoms with Gasteiger partial charge in [-0.1, -0.05) is 12.1 Å². The lowest BCUT2D eigenvalue weighted by molar-refractivity contribution is 0.108. The Morgan fingerprint density at radius 1 is 0.941 bits per heavy atom. The first-order chi connectivity index (χ1) is 16.6. The number of H-pyrrole nitrogens is 1. The molecule has 2 aromatic heterocycles. The van der Waals surface area contributed by atoms with E-state index in [0.29, 0.717) is 5.95 Å². The highest BCUT2D eigenvalue weighted by Crippen LogP contribution is 2.23. The van der Waals surface area contributed by atoms with Crippen molar-refractivity contribution in [2.24, 2.45) is 0 Å². The molecule has 0 unspecified atom stereocenters. The third-order valence-electron chi connectivity index (χ3n) is 6.15. The van der Waals surface area contributed by atoms with E-state index in [1.807, 2.05) is 18.2 Å². The summed E-state index contributed by atoms with van der Waals surface area (Å²) in [6.45, 7) is 8.00. The van der Waals surface area contributed by atoms with Crippen molar-refractivity contribution in [1.82, 2.24) is 24.8 Å². The largest absolute Gasteiger partial charge is 0.395 e. The van der Waals surface area contributed by atoms with E-state index < -0.39 is 0 Å². The van der Waals surface area contributed by atoms with Crippen LogP contribution in [0.2, 0.25) is 0 Å². The van der Waals surface area contributed by atoms with Gasteiger partial charge in [0.15, 0.2) is 0 Å². The summed E-state index contributed by atoms with van der Waals surface area (Å²) in [5.74, 6) is 1.29. The van der Waals surface area contributed by atoms with E-state index in [-0.39, 0.29) is 6.61 Å². The van der Waals surface area contributed by atoms with E-state index >= 15 is 0 Å². The molecule has 2 aromatic carbocycles. The standard InChI is InChI=1S/C26H31N7O/c1-19-15-21-17-23(5-6-24(21)28-19)29-25-7-8-27-26(31-25)30-22-4-2-3-20(16-22)18-33-11-9-32(10-12-33)13-14-34/h2-8,15-17,28,34H,9-14,18H2,1H3,(H2,27,29,30,31). The highest BCUT2D eigenvalue weighted by molar-refractivity contribution is 5.84. The van der Waals surface area contributed by atoms with Crippen LogP contribution in [-0.4, -0.2) is 69.2 Å². The van der Waals surface area contributed by atoms with Crippen molar-refractivity contribution < 1.29 is 5.11 Å². The zero-order valence-electron chi connectivity index (χ0n) is 19.5. The molecule has 1 fully saturated rings. The van der Waals surface area contributed by atoms with Crippen molar-refractivity contribution in [2.75, 3.05) is 50.0 Å². The molecular weight excluding hydrogens is 426 g/mol. The van der Waals surface area contributed by atoms with Gasteiger partial charge in [-0.25, -0.2) is 4.98 Å². The second-order valence-corrected chi connectivity index (χ2v) is 8.81. The maximum absolute atomic E-state index is 9.12. The molecule has 0 aliphatic carbocycles. The van der Waals surface area contributed by atoms with Crippen molar-refractivity contribution in [2.45, 2.75) is 13.5 Å². The van der Waals surface area contributed by atoms with Crippen LogP contribution in [0.15, 0.2) is 60.8 Å². The van der Waals surface area contributed by atoms with Crippen LogP contribution in [0.25, 0.3) is 10.9 Å². The molecule has 8 nitrogen and oxygen atoms in total. The third kappa shape index (κ3) is 5.53. The summed E-state index contributed by atoms with van der Waals surface area (Å²) in [6.07, 6.45) is 1.76. The van der Waals surface area contributed by atoms with E-state index in [4.69, 9.17) is 5.11 Å². The SMILES string of the molecule is Cc1cc2cc(Nc3ccnc(Nc4cccc(CN5CCN(CCO)CC5)c4)n3)ccc2[nH]1. The van der Waals surface area contributed by atoms with Crippen LogP contribution in [0, 0.1) is 6.92 Å². The van der Waals surface area contributed by atoms with E-state index in [1.54, 1.807) is 6.20 Å². The molecule has 4 aromatic rings. The van der Waals surface area contributed by atoms with Crippen molar-refractivity contribution in [1.29, 1.82) is 0 Å². The van der Waals surface area contributed by atoms with Gasteiger partial charge >= 0.3 is 0 Å². The minimum Gasteiger partial charge on any atom is -0.395 e. The molecule has 1 aliphatic rings. The molecule has 0 atom stereocenters. The van der Waals surface area contributed by atoms with Crippen LogP contribution in [0.4, 0.5) is 23.1 Å². The van der Waals surface area contributed by atoms with E-state index in [9.17, 15) is 0 Å². The molecule has 4 N–H and O–H groups in total. The van der Waals surface area contributed by atoms with Crippen LogP contribution >= 0.6 is 0 Å². The molecule has 1 aliphatic heterocycles. The second-order valence-electron chi connectivity index (χ2n) is 8.81. The van der Waals surface area contributed by atoms with Crippen molar-refractivity contribution in [3.63, 3.8) is 0 Å². The molecule has 0 amide bonds. The summed E-state index contributed by atoms with van der Waals surface area (Å²) < 4.78 is 0. The molecule has 0 spiro atoms. The highest BCUT2D eigenvalue weighted by Gasteiger charge is 2.16. The predicted molar refractivity (Wildman–Crippen MR) is 137 cm³/mol. The van der Waals surface area contributed by atoms with E-state index in [0.717, 1.165) is 67.7 Å². The highest BCUT2D eigenvalue weighted by atomic mass is 16.3. The quantitative estimate of drug-likeness (QED) is 0.319. The third-order valence-corrected chi connectivity index (χ3v) is 6.15. The van der Waals surface area contributed by atoms with Crippen molar-refractivity contribution in [3.05, 3.63) is 72.1 Å². The van der Waals surface area contributed by atoms with Crippen molar-refractivity contribution in [3.8, 4) is 0 Å². The smallest absolute Gasteiger partial charge is 0.229 e. The number of piperazine rings is 1. The van der Waals surface area contributed by atoms with Gasteiger partial charge in [-0.15, -0.1) is 0 Å². The van der Waals surface area contributed by atoms with Crippen LogP contribution < -0.4 is 10.6 Å². The summed E-state index contributed by atoms with van der Waals surface area (Å²) in [6, 6.07) is 18.6. The Balaban J connectivity index is 1.22. The lowest BCUT2D eigenvalue weighted by Crippen LogP contribution is -2.46. The predicted octanol–water partition coefficient (Wildman–Crippen LogP) is 3.86. The Kier molecular flexibility index (Phi) is 6.71. The molecule has 5 rings (SSSR count). The number of aliphatic hydroxyl groups is 1. The van der Waals surface area contributed by atoms with Crippen LogP contribution in [0.5, 0.6) is 0 Å². The number of hydrogen-bond donors (Lipinski definition) is 4. The molecular formula is C26H31N7O. The number of aromatic nitrogens is 3. The topological polar surface area (TPSA) is 92.3 Å². The van der Waals surface area contributed by atoms with Gasteiger partial charge in [-0.05, 0) is 55.0 Å². The summed E-state index contributed by atoms with van der Waals surface area (Å²) >= 11 is 0. The van der Waals surface area contributed by atoms with Gasteiger partial charge in [0.1, 0.15) is 5.82 Å². The first kappa shape index (κ1) is 22.3.